The Morgan fingerprint density at radius 3 is 2.82 bits per heavy atom. The number of nitrogens with one attached hydrogen (secondary N) is 1. The first-order chi connectivity index (χ1) is 8.09. The molecule has 17 heavy (non-hydrogen) atoms. The fraction of sp³-hybridized carbons (Fsp3) is 0.545. The third-order valence-electron chi connectivity index (χ3n) is 3.13. The second-order valence-electron chi connectivity index (χ2n) is 4.30. The van der Waals surface area contributed by atoms with Crippen LogP contribution in [-0.2, 0) is 4.79 Å². The highest BCUT2D eigenvalue weighted by Gasteiger charge is 2.50. The summed E-state index contributed by atoms with van der Waals surface area (Å²) in [6.07, 6.45) is 2.84. The molecule has 1 aliphatic carbocycles. The van der Waals surface area contributed by atoms with Crippen molar-refractivity contribution in [2.75, 3.05) is 19.0 Å². The molecule has 0 aliphatic heterocycles. The van der Waals surface area contributed by atoms with Crippen LogP contribution in [0.2, 0.25) is 0 Å². The van der Waals surface area contributed by atoms with E-state index >= 15 is 0 Å². The molecule has 0 spiro atoms. The molecule has 92 valence electrons. The number of hydrogen-bond donors (Lipinski definition) is 2. The van der Waals surface area contributed by atoms with Gasteiger partial charge in [-0.25, -0.2) is 9.97 Å². The molecule has 6 heteroatoms. The smallest absolute Gasteiger partial charge is 0.311 e. The van der Waals surface area contributed by atoms with Crippen molar-refractivity contribution < 1.29 is 14.6 Å². The highest BCUT2D eigenvalue weighted by atomic mass is 16.5. The van der Waals surface area contributed by atoms with Crippen molar-refractivity contribution in [2.24, 2.45) is 5.41 Å². The topological polar surface area (TPSA) is 84.3 Å². The summed E-state index contributed by atoms with van der Waals surface area (Å²) in [5.74, 6) is 0.385. The van der Waals surface area contributed by atoms with E-state index in [4.69, 9.17) is 9.84 Å². The van der Waals surface area contributed by atoms with Gasteiger partial charge in [-0.1, -0.05) is 0 Å². The summed E-state index contributed by atoms with van der Waals surface area (Å²) in [6.45, 7) is 2.23. The van der Waals surface area contributed by atoms with Crippen LogP contribution in [0.25, 0.3) is 0 Å². The van der Waals surface area contributed by atoms with Gasteiger partial charge in [-0.15, -0.1) is 0 Å². The van der Waals surface area contributed by atoms with Crippen LogP contribution in [0, 0.1) is 12.3 Å². The third-order valence-corrected chi connectivity index (χ3v) is 3.13. The van der Waals surface area contributed by atoms with Crippen LogP contribution < -0.4 is 10.1 Å². The second-order valence-corrected chi connectivity index (χ2v) is 4.30. The normalized spacial score (nSPS) is 16.4. The van der Waals surface area contributed by atoms with Crippen LogP contribution >= 0.6 is 0 Å². The van der Waals surface area contributed by atoms with Crippen LogP contribution in [0.5, 0.6) is 5.88 Å². The van der Waals surface area contributed by atoms with E-state index in [2.05, 4.69) is 15.3 Å². The number of aromatic nitrogens is 2. The summed E-state index contributed by atoms with van der Waals surface area (Å²) in [4.78, 5) is 19.1. The van der Waals surface area contributed by atoms with Crippen LogP contribution in [0.1, 0.15) is 18.4 Å². The van der Waals surface area contributed by atoms with Gasteiger partial charge in [-0.3, -0.25) is 4.79 Å². The number of nitrogens with zero attached hydrogens (tertiary/aromatic N) is 2. The Bertz CT molecular complexity index is 444. The zero-order valence-electron chi connectivity index (χ0n) is 9.86. The molecule has 0 saturated heterocycles. The van der Waals surface area contributed by atoms with E-state index in [1.54, 1.807) is 7.11 Å². The van der Waals surface area contributed by atoms with Gasteiger partial charge in [0.2, 0.25) is 5.88 Å². The summed E-state index contributed by atoms with van der Waals surface area (Å²) in [7, 11) is 1.54. The average molecular weight is 237 g/mol. The van der Waals surface area contributed by atoms with Gasteiger partial charge in [0.05, 0.1) is 18.1 Å². The molecule has 2 rings (SSSR count). The number of rotatable bonds is 5. The minimum atomic E-state index is -0.747. The fourth-order valence-electron chi connectivity index (χ4n) is 1.69. The van der Waals surface area contributed by atoms with Crippen molar-refractivity contribution in [1.29, 1.82) is 0 Å². The van der Waals surface area contributed by atoms with E-state index < -0.39 is 11.4 Å². The summed E-state index contributed by atoms with van der Waals surface area (Å²) in [5.41, 5.74) is 0.182. The minimum absolute atomic E-state index is 0.392. The summed E-state index contributed by atoms with van der Waals surface area (Å²) >= 11 is 0. The summed E-state index contributed by atoms with van der Waals surface area (Å²) in [5, 5.41) is 12.1. The Labute approximate surface area is 99.0 Å². The maximum absolute atomic E-state index is 11.0. The SMILES string of the molecule is COc1ncnc(NCC2(C(=O)O)CC2)c1C. The third kappa shape index (κ3) is 2.15. The van der Waals surface area contributed by atoms with Gasteiger partial charge >= 0.3 is 5.97 Å². The molecule has 6 nitrogen and oxygen atoms in total. The molecular weight excluding hydrogens is 222 g/mol. The standard InChI is InChI=1S/C11H15N3O3/c1-7-8(13-6-14-9(7)17-2)12-5-11(3-4-11)10(15)16/h6H,3-5H2,1-2H3,(H,15,16)(H,12,13,14). The fourth-order valence-corrected chi connectivity index (χ4v) is 1.69. The van der Waals surface area contributed by atoms with Crippen molar-refractivity contribution in [3.05, 3.63) is 11.9 Å². The monoisotopic (exact) mass is 237 g/mol. The quantitative estimate of drug-likeness (QED) is 0.796. The molecule has 1 saturated carbocycles. The van der Waals surface area contributed by atoms with E-state index in [9.17, 15) is 4.79 Å². The van der Waals surface area contributed by atoms with Gasteiger partial charge in [0.15, 0.2) is 0 Å². The van der Waals surface area contributed by atoms with Gasteiger partial charge in [0, 0.05) is 6.54 Å². The Balaban J connectivity index is 2.07. The lowest BCUT2D eigenvalue weighted by Gasteiger charge is -2.13. The van der Waals surface area contributed by atoms with Crippen LogP contribution in [-0.4, -0.2) is 34.7 Å². The van der Waals surface area contributed by atoms with Crippen molar-refractivity contribution in [3.8, 4) is 5.88 Å². The first kappa shape index (κ1) is 11.6. The molecule has 1 aromatic rings. The van der Waals surface area contributed by atoms with Gasteiger partial charge in [0.25, 0.3) is 0 Å². The van der Waals surface area contributed by atoms with Gasteiger partial charge in [0.1, 0.15) is 12.1 Å². The number of carboxylic acids is 1. The predicted molar refractivity (Wildman–Crippen MR) is 61.1 cm³/mol. The van der Waals surface area contributed by atoms with E-state index in [0.717, 1.165) is 18.4 Å². The number of hydrogen-bond acceptors (Lipinski definition) is 5. The first-order valence-electron chi connectivity index (χ1n) is 5.42. The van der Waals surface area contributed by atoms with Crippen molar-refractivity contribution in [3.63, 3.8) is 0 Å². The molecule has 0 aromatic carbocycles. The molecule has 0 unspecified atom stereocenters. The first-order valence-corrected chi connectivity index (χ1v) is 5.42. The summed E-state index contributed by atoms with van der Waals surface area (Å²) in [6, 6.07) is 0. The number of carboxylic acid groups (broad SMARTS) is 1. The average Bonchev–Trinajstić information content (AvgIpc) is 3.09. The lowest BCUT2D eigenvalue weighted by molar-refractivity contribution is -0.142. The maximum atomic E-state index is 11.0. The highest BCUT2D eigenvalue weighted by Crippen LogP contribution is 2.45. The Morgan fingerprint density at radius 1 is 1.59 bits per heavy atom. The maximum Gasteiger partial charge on any atom is 0.311 e. The van der Waals surface area contributed by atoms with Crippen LogP contribution in [0.3, 0.4) is 0 Å². The Morgan fingerprint density at radius 2 is 2.29 bits per heavy atom. The molecule has 0 bridgehead atoms. The van der Waals surface area contributed by atoms with Gasteiger partial charge in [-0.05, 0) is 19.8 Å². The molecule has 1 fully saturated rings. The molecule has 1 aromatic heterocycles. The number of carbonyl (C=O) groups is 1. The second kappa shape index (κ2) is 4.20. The van der Waals surface area contributed by atoms with Gasteiger partial charge in [-0.2, -0.15) is 0 Å². The minimum Gasteiger partial charge on any atom is -0.481 e. The van der Waals surface area contributed by atoms with Crippen molar-refractivity contribution in [1.82, 2.24) is 9.97 Å². The summed E-state index contributed by atoms with van der Waals surface area (Å²) < 4.78 is 5.07. The lowest BCUT2D eigenvalue weighted by Crippen LogP contribution is -2.25. The zero-order valence-corrected chi connectivity index (χ0v) is 9.86. The van der Waals surface area contributed by atoms with Crippen molar-refractivity contribution >= 4 is 11.8 Å². The number of aliphatic carboxylic acids is 1. The lowest BCUT2D eigenvalue weighted by atomic mass is 10.1. The molecule has 0 radical (unpaired) electrons. The largest absolute Gasteiger partial charge is 0.481 e. The molecule has 2 N–H and O–H groups in total. The van der Waals surface area contributed by atoms with Gasteiger partial charge < -0.3 is 15.2 Å². The zero-order chi connectivity index (χ0) is 12.5. The number of methoxy groups -OCH3 is 1. The molecule has 0 amide bonds. The highest BCUT2D eigenvalue weighted by molar-refractivity contribution is 5.78. The molecule has 1 aliphatic rings. The van der Waals surface area contributed by atoms with Crippen LogP contribution in [0.4, 0.5) is 5.82 Å². The number of anilines is 1. The van der Waals surface area contributed by atoms with E-state index in [0.29, 0.717) is 18.2 Å². The van der Waals surface area contributed by atoms with Crippen molar-refractivity contribution in [2.45, 2.75) is 19.8 Å². The Hall–Kier alpha value is -1.85. The molecular formula is C11H15N3O3. The molecule has 0 atom stereocenters. The van der Waals surface area contributed by atoms with E-state index in [-0.39, 0.29) is 0 Å². The predicted octanol–water partition coefficient (Wildman–Crippen LogP) is 1.07. The number of ether oxygens (including phenoxy) is 1. The molecule has 1 heterocycles. The van der Waals surface area contributed by atoms with E-state index in [1.807, 2.05) is 6.92 Å². The van der Waals surface area contributed by atoms with E-state index in [1.165, 1.54) is 6.33 Å². The Kier molecular flexibility index (Phi) is 2.87. The van der Waals surface area contributed by atoms with Crippen LogP contribution in [0.15, 0.2) is 6.33 Å².